The van der Waals surface area contributed by atoms with Crippen LogP contribution in [0.4, 0.5) is 0 Å². The average molecular weight is 319 g/mol. The molecule has 0 fully saturated rings. The van der Waals surface area contributed by atoms with E-state index in [0.29, 0.717) is 0 Å². The van der Waals surface area contributed by atoms with E-state index in [-0.39, 0.29) is 15.5 Å². The molecule has 9 heteroatoms. The molecule has 0 saturated carbocycles. The van der Waals surface area contributed by atoms with Crippen molar-refractivity contribution in [3.63, 3.8) is 0 Å². The predicted molar refractivity (Wildman–Crippen MR) is 69.6 cm³/mol. The lowest BCUT2D eigenvalue weighted by Gasteiger charge is -2.18. The van der Waals surface area contributed by atoms with E-state index in [4.69, 9.17) is 22.0 Å². The molecule has 7 nitrogen and oxygen atoms in total. The minimum Gasteiger partial charge on any atom is -0.479 e. The fourth-order valence-electron chi connectivity index (χ4n) is 1.17. The zero-order valence-corrected chi connectivity index (χ0v) is 11.9. The maximum atomic E-state index is 12.0. The second-order valence-corrected chi connectivity index (χ2v) is 6.30. The van der Waals surface area contributed by atoms with E-state index in [2.05, 4.69) is 0 Å². The highest BCUT2D eigenvalue weighted by molar-refractivity contribution is 7.89. The third-order valence-corrected chi connectivity index (χ3v) is 4.30. The average Bonchev–Trinajstić information content (AvgIpc) is 2.37. The smallest absolute Gasteiger partial charge is 0.336 e. The summed E-state index contributed by atoms with van der Waals surface area (Å²) in [5, 5.41) is 26.8. The molecule has 108 valence electrons. The maximum Gasteiger partial charge on any atom is 0.336 e. The zero-order chi connectivity index (χ0) is 15.6. The molecule has 0 aliphatic carbocycles. The summed E-state index contributed by atoms with van der Waals surface area (Å²) in [6, 6.07) is 5.40. The number of carboxylic acids is 1. The van der Waals surface area contributed by atoms with Crippen LogP contribution in [0.5, 0.6) is 0 Å². The number of aliphatic carboxylic acids is 1. The number of carbonyl (C=O) groups is 1. The van der Waals surface area contributed by atoms with Crippen molar-refractivity contribution in [1.29, 1.82) is 5.26 Å². The van der Waals surface area contributed by atoms with E-state index in [0.717, 1.165) is 13.0 Å². The number of halogens is 1. The lowest BCUT2D eigenvalue weighted by Crippen LogP contribution is -2.46. The minimum absolute atomic E-state index is 0.0831. The van der Waals surface area contributed by atoms with Crippen LogP contribution in [-0.4, -0.2) is 36.7 Å². The van der Waals surface area contributed by atoms with Gasteiger partial charge in [0.05, 0.1) is 23.2 Å². The lowest BCUT2D eigenvalue weighted by molar-refractivity contribution is -0.155. The number of nitrogens with zero attached hydrogens (tertiary/aromatic N) is 1. The quantitative estimate of drug-likeness (QED) is 0.717. The van der Waals surface area contributed by atoms with Crippen LogP contribution in [0, 0.1) is 11.3 Å². The van der Waals surface area contributed by atoms with Gasteiger partial charge in [0.2, 0.25) is 10.0 Å². The highest BCUT2D eigenvalue weighted by Gasteiger charge is 2.32. The second kappa shape index (κ2) is 5.76. The van der Waals surface area contributed by atoms with Crippen LogP contribution in [0.25, 0.3) is 0 Å². The number of carboxylic acid groups (broad SMARTS) is 1. The number of hydrogen-bond donors (Lipinski definition) is 3. The van der Waals surface area contributed by atoms with Gasteiger partial charge in [0, 0.05) is 0 Å². The van der Waals surface area contributed by atoms with Gasteiger partial charge in [-0.15, -0.1) is 0 Å². The van der Waals surface area contributed by atoms with Gasteiger partial charge in [0.15, 0.2) is 5.60 Å². The van der Waals surface area contributed by atoms with Crippen molar-refractivity contribution in [2.75, 3.05) is 6.54 Å². The van der Waals surface area contributed by atoms with Gasteiger partial charge in [-0.25, -0.2) is 17.9 Å². The van der Waals surface area contributed by atoms with Gasteiger partial charge in [-0.3, -0.25) is 0 Å². The van der Waals surface area contributed by atoms with Crippen LogP contribution in [0.3, 0.4) is 0 Å². The minimum atomic E-state index is -4.15. The molecule has 0 amide bonds. The van der Waals surface area contributed by atoms with Crippen molar-refractivity contribution in [2.24, 2.45) is 0 Å². The molecular weight excluding hydrogens is 308 g/mol. The molecule has 0 aliphatic rings. The number of nitriles is 1. The molecule has 1 rings (SSSR count). The van der Waals surface area contributed by atoms with Crippen LogP contribution in [-0.2, 0) is 14.8 Å². The van der Waals surface area contributed by atoms with Crippen LogP contribution >= 0.6 is 11.6 Å². The van der Waals surface area contributed by atoms with E-state index in [1.165, 1.54) is 12.1 Å². The van der Waals surface area contributed by atoms with Crippen molar-refractivity contribution < 1.29 is 23.4 Å². The van der Waals surface area contributed by atoms with E-state index in [1.54, 1.807) is 6.07 Å². The van der Waals surface area contributed by atoms with Crippen LogP contribution in [0.2, 0.25) is 5.02 Å². The standard InChI is InChI=1S/C11H11ClN2O5S/c1-11(17,10(15)16)6-14-20(18,19)9-4-7(5-13)2-3-8(9)12/h2-4,14,17H,6H2,1H3,(H,15,16). The summed E-state index contributed by atoms with van der Waals surface area (Å²) in [7, 11) is -4.15. The van der Waals surface area contributed by atoms with E-state index < -0.39 is 28.1 Å². The van der Waals surface area contributed by atoms with Gasteiger partial charge in [-0.1, -0.05) is 11.6 Å². The molecule has 20 heavy (non-hydrogen) atoms. The van der Waals surface area contributed by atoms with E-state index >= 15 is 0 Å². The Morgan fingerprint density at radius 1 is 1.55 bits per heavy atom. The first-order valence-electron chi connectivity index (χ1n) is 5.25. The summed E-state index contributed by atoms with van der Waals surface area (Å²) >= 11 is 5.74. The molecule has 1 atom stereocenters. The van der Waals surface area contributed by atoms with Gasteiger partial charge >= 0.3 is 5.97 Å². The summed E-state index contributed by atoms with van der Waals surface area (Å²) in [5.74, 6) is -1.57. The Bertz CT molecular complexity index is 679. The van der Waals surface area contributed by atoms with Crippen molar-refractivity contribution in [2.45, 2.75) is 17.4 Å². The number of hydrogen-bond acceptors (Lipinski definition) is 5. The lowest BCUT2D eigenvalue weighted by atomic mass is 10.1. The first kappa shape index (κ1) is 16.4. The fraction of sp³-hybridized carbons (Fsp3) is 0.273. The molecule has 0 aromatic heterocycles. The molecule has 0 heterocycles. The Morgan fingerprint density at radius 2 is 2.15 bits per heavy atom. The Morgan fingerprint density at radius 3 is 2.65 bits per heavy atom. The number of benzene rings is 1. The monoisotopic (exact) mass is 318 g/mol. The highest BCUT2D eigenvalue weighted by Crippen LogP contribution is 2.22. The zero-order valence-electron chi connectivity index (χ0n) is 10.3. The summed E-state index contributed by atoms with van der Waals surface area (Å²) < 4.78 is 25.9. The predicted octanol–water partition coefficient (Wildman–Crippen LogP) is 0.326. The first-order chi connectivity index (χ1) is 9.10. The van der Waals surface area contributed by atoms with Gasteiger partial charge < -0.3 is 10.2 Å². The largest absolute Gasteiger partial charge is 0.479 e. The SMILES string of the molecule is CC(O)(CNS(=O)(=O)c1cc(C#N)ccc1Cl)C(=O)O. The van der Waals surface area contributed by atoms with E-state index in [1.807, 2.05) is 4.72 Å². The van der Waals surface area contributed by atoms with Crippen LogP contribution in [0.1, 0.15) is 12.5 Å². The van der Waals surface area contributed by atoms with Crippen molar-refractivity contribution in [3.05, 3.63) is 28.8 Å². The highest BCUT2D eigenvalue weighted by atomic mass is 35.5. The third-order valence-electron chi connectivity index (χ3n) is 2.42. The normalized spacial score (nSPS) is 14.3. The molecule has 0 spiro atoms. The molecule has 1 aromatic carbocycles. The third kappa shape index (κ3) is 3.68. The Kier molecular flexibility index (Phi) is 4.73. The van der Waals surface area contributed by atoms with E-state index in [9.17, 15) is 18.3 Å². The van der Waals surface area contributed by atoms with Gasteiger partial charge in [-0.2, -0.15) is 5.26 Å². The summed E-state index contributed by atoms with van der Waals surface area (Å²) in [6.07, 6.45) is 0. The number of aliphatic hydroxyl groups is 1. The van der Waals surface area contributed by atoms with Gasteiger partial charge in [0.1, 0.15) is 4.90 Å². The fourth-order valence-corrected chi connectivity index (χ4v) is 2.82. The van der Waals surface area contributed by atoms with Gasteiger partial charge in [0.25, 0.3) is 0 Å². The van der Waals surface area contributed by atoms with Crippen LogP contribution < -0.4 is 4.72 Å². The van der Waals surface area contributed by atoms with Crippen molar-refractivity contribution in [1.82, 2.24) is 4.72 Å². The second-order valence-electron chi connectivity index (χ2n) is 4.16. The molecule has 3 N–H and O–H groups in total. The Labute approximate surface area is 120 Å². The Balaban J connectivity index is 3.07. The number of nitrogens with one attached hydrogen (secondary N) is 1. The molecule has 1 aromatic rings. The first-order valence-corrected chi connectivity index (χ1v) is 7.11. The summed E-state index contributed by atoms with van der Waals surface area (Å²) in [4.78, 5) is 10.3. The van der Waals surface area contributed by atoms with Gasteiger partial charge in [-0.05, 0) is 25.1 Å². The van der Waals surface area contributed by atoms with Crippen molar-refractivity contribution >= 4 is 27.6 Å². The van der Waals surface area contributed by atoms with Crippen molar-refractivity contribution in [3.8, 4) is 6.07 Å². The molecule has 0 aliphatic heterocycles. The molecule has 1 unspecified atom stereocenters. The summed E-state index contributed by atoms with van der Waals surface area (Å²) in [5.41, 5.74) is -2.17. The summed E-state index contributed by atoms with van der Waals surface area (Å²) in [6.45, 7) is 0.211. The molecule has 0 radical (unpaired) electrons. The Hall–Kier alpha value is -1.66. The number of rotatable bonds is 5. The van der Waals surface area contributed by atoms with Crippen LogP contribution in [0.15, 0.2) is 23.1 Å². The molecular formula is C11H11ClN2O5S. The number of sulfonamides is 1. The molecule has 0 saturated heterocycles. The topological polar surface area (TPSA) is 127 Å². The molecule has 0 bridgehead atoms. The maximum absolute atomic E-state index is 12.0.